The third-order valence-corrected chi connectivity index (χ3v) is 4.45. The van der Waals surface area contributed by atoms with E-state index in [9.17, 15) is 9.90 Å². The Hall–Kier alpha value is -2.77. The van der Waals surface area contributed by atoms with Gasteiger partial charge in [-0.05, 0) is 42.8 Å². The molecule has 2 heterocycles. The van der Waals surface area contributed by atoms with Gasteiger partial charge in [-0.1, -0.05) is 12.1 Å². The van der Waals surface area contributed by atoms with Crippen LogP contribution in [0.1, 0.15) is 28.3 Å². The lowest BCUT2D eigenvalue weighted by Gasteiger charge is -2.09. The first-order chi connectivity index (χ1) is 11.5. The molecule has 0 radical (unpaired) electrons. The summed E-state index contributed by atoms with van der Waals surface area (Å²) in [5.41, 5.74) is 2.21. The lowest BCUT2D eigenvalue weighted by Crippen LogP contribution is -1.99. The van der Waals surface area contributed by atoms with E-state index >= 15 is 0 Å². The van der Waals surface area contributed by atoms with Crippen molar-refractivity contribution in [3.8, 4) is 10.6 Å². The lowest BCUT2D eigenvalue weighted by atomic mass is 10.1. The first-order valence-electron chi connectivity index (χ1n) is 7.24. The second-order valence-corrected chi connectivity index (χ2v) is 6.24. The summed E-state index contributed by atoms with van der Waals surface area (Å²) >= 11 is 1.16. The fourth-order valence-electron chi connectivity index (χ4n) is 2.15. The van der Waals surface area contributed by atoms with Crippen molar-refractivity contribution in [2.75, 3.05) is 5.32 Å². The Morgan fingerprint density at radius 2 is 2.08 bits per heavy atom. The molecule has 0 saturated heterocycles. The van der Waals surface area contributed by atoms with Crippen LogP contribution in [0.5, 0.6) is 0 Å². The van der Waals surface area contributed by atoms with Crippen LogP contribution in [0.4, 0.5) is 11.6 Å². The van der Waals surface area contributed by atoms with Gasteiger partial charge >= 0.3 is 5.97 Å². The highest BCUT2D eigenvalue weighted by molar-refractivity contribution is 7.17. The molecule has 0 aliphatic carbocycles. The number of carboxylic acids is 1. The first-order valence-corrected chi connectivity index (χ1v) is 8.06. The number of hydrogen-bond donors (Lipinski definition) is 3. The van der Waals surface area contributed by atoms with Gasteiger partial charge in [0.15, 0.2) is 0 Å². The van der Waals surface area contributed by atoms with Crippen LogP contribution < -0.4 is 5.32 Å². The van der Waals surface area contributed by atoms with Gasteiger partial charge in [0.2, 0.25) is 5.95 Å². The minimum Gasteiger partial charge on any atom is -0.477 e. The molecular formula is C17H15N3O3S. The average Bonchev–Trinajstić information content (AvgIpc) is 3.06. The van der Waals surface area contributed by atoms with Crippen LogP contribution in [0.25, 0.3) is 10.6 Å². The van der Waals surface area contributed by atoms with E-state index in [1.165, 1.54) is 0 Å². The quantitative estimate of drug-likeness (QED) is 0.655. The smallest absolute Gasteiger partial charge is 0.345 e. The zero-order chi connectivity index (χ0) is 17.1. The highest BCUT2D eigenvalue weighted by Gasteiger charge is 2.10. The van der Waals surface area contributed by atoms with Gasteiger partial charge in [-0.3, -0.25) is 0 Å². The largest absolute Gasteiger partial charge is 0.477 e. The van der Waals surface area contributed by atoms with Crippen LogP contribution in [0.15, 0.2) is 48.7 Å². The Morgan fingerprint density at radius 3 is 2.79 bits per heavy atom. The third kappa shape index (κ3) is 3.58. The molecule has 1 atom stereocenters. The number of aliphatic hydroxyl groups is 1. The van der Waals surface area contributed by atoms with Crippen LogP contribution in [-0.4, -0.2) is 26.2 Å². The maximum Gasteiger partial charge on any atom is 0.345 e. The first kappa shape index (κ1) is 16.1. The molecule has 0 bridgehead atoms. The van der Waals surface area contributed by atoms with E-state index in [0.29, 0.717) is 11.6 Å². The van der Waals surface area contributed by atoms with Gasteiger partial charge in [-0.25, -0.2) is 14.8 Å². The molecular weight excluding hydrogens is 326 g/mol. The van der Waals surface area contributed by atoms with Crippen molar-refractivity contribution in [3.63, 3.8) is 0 Å². The summed E-state index contributed by atoms with van der Waals surface area (Å²) in [7, 11) is 0. The molecule has 2 aromatic heterocycles. The van der Waals surface area contributed by atoms with Crippen molar-refractivity contribution in [2.24, 2.45) is 0 Å². The molecule has 0 saturated carbocycles. The molecule has 24 heavy (non-hydrogen) atoms. The Balaban J connectivity index is 1.85. The van der Waals surface area contributed by atoms with Gasteiger partial charge in [0, 0.05) is 11.9 Å². The summed E-state index contributed by atoms with van der Waals surface area (Å²) in [6.07, 6.45) is 1.06. The highest BCUT2D eigenvalue weighted by Crippen LogP contribution is 2.27. The summed E-state index contributed by atoms with van der Waals surface area (Å²) in [5.74, 6) is -0.547. The van der Waals surface area contributed by atoms with E-state index in [1.54, 1.807) is 31.3 Å². The van der Waals surface area contributed by atoms with Gasteiger partial charge in [-0.2, -0.15) is 0 Å². The van der Waals surface area contributed by atoms with Gasteiger partial charge in [0.05, 0.1) is 16.7 Å². The molecule has 3 N–H and O–H groups in total. The van der Waals surface area contributed by atoms with Gasteiger partial charge in [-0.15, -0.1) is 11.3 Å². The van der Waals surface area contributed by atoms with E-state index in [2.05, 4.69) is 15.3 Å². The molecule has 3 aromatic rings. The van der Waals surface area contributed by atoms with E-state index in [4.69, 9.17) is 5.11 Å². The summed E-state index contributed by atoms with van der Waals surface area (Å²) < 4.78 is 0. The number of aromatic carboxylic acids is 1. The standard InChI is InChI=1S/C17H15N3O3S/c1-10(21)11-3-2-4-12(9-11)19-17-18-8-7-13(20-17)14-5-6-15(24-14)16(22)23/h2-10,21H,1H3,(H,22,23)(H,18,19,20). The van der Waals surface area contributed by atoms with Crippen molar-refractivity contribution in [1.29, 1.82) is 0 Å². The lowest BCUT2D eigenvalue weighted by molar-refractivity contribution is 0.0702. The number of aromatic nitrogens is 2. The van der Waals surface area contributed by atoms with E-state index in [-0.39, 0.29) is 4.88 Å². The summed E-state index contributed by atoms with van der Waals surface area (Å²) in [4.78, 5) is 20.6. The second-order valence-electron chi connectivity index (χ2n) is 5.16. The molecule has 0 amide bonds. The maximum atomic E-state index is 11.0. The number of aliphatic hydroxyl groups excluding tert-OH is 1. The Kier molecular flexibility index (Phi) is 4.54. The van der Waals surface area contributed by atoms with Crippen LogP contribution >= 0.6 is 11.3 Å². The predicted octanol–water partition coefficient (Wildman–Crippen LogP) is 3.70. The molecule has 122 valence electrons. The zero-order valence-electron chi connectivity index (χ0n) is 12.8. The number of hydrogen-bond acceptors (Lipinski definition) is 6. The number of carbonyl (C=O) groups is 1. The van der Waals surface area contributed by atoms with E-state index in [1.807, 2.05) is 24.3 Å². The Bertz CT molecular complexity index is 877. The van der Waals surface area contributed by atoms with Crippen molar-refractivity contribution < 1.29 is 15.0 Å². The van der Waals surface area contributed by atoms with Crippen LogP contribution in [0.3, 0.4) is 0 Å². The van der Waals surface area contributed by atoms with E-state index < -0.39 is 12.1 Å². The van der Waals surface area contributed by atoms with Gasteiger partial charge in [0.1, 0.15) is 4.88 Å². The zero-order valence-corrected chi connectivity index (χ0v) is 13.6. The average molecular weight is 341 g/mol. The van der Waals surface area contributed by atoms with E-state index in [0.717, 1.165) is 27.5 Å². The molecule has 6 nitrogen and oxygen atoms in total. The number of nitrogens with zero attached hydrogens (tertiary/aromatic N) is 2. The van der Waals surface area contributed by atoms with Crippen LogP contribution in [-0.2, 0) is 0 Å². The number of nitrogens with one attached hydrogen (secondary N) is 1. The van der Waals surface area contributed by atoms with Crippen molar-refractivity contribution in [3.05, 3.63) is 59.1 Å². The molecule has 0 aliphatic heterocycles. The molecule has 1 unspecified atom stereocenters. The summed E-state index contributed by atoms with van der Waals surface area (Å²) in [5, 5.41) is 21.8. The molecule has 0 aliphatic rings. The Labute approximate surface area is 142 Å². The number of thiophene rings is 1. The fourth-order valence-corrected chi connectivity index (χ4v) is 2.97. The minimum atomic E-state index is -0.950. The van der Waals surface area contributed by atoms with Gasteiger partial charge < -0.3 is 15.5 Å². The van der Waals surface area contributed by atoms with Gasteiger partial charge in [0.25, 0.3) is 0 Å². The summed E-state index contributed by atoms with van der Waals surface area (Å²) in [6, 6.07) is 12.4. The van der Waals surface area contributed by atoms with Crippen LogP contribution in [0, 0.1) is 0 Å². The monoisotopic (exact) mass is 341 g/mol. The summed E-state index contributed by atoms with van der Waals surface area (Å²) in [6.45, 7) is 1.70. The minimum absolute atomic E-state index is 0.266. The molecule has 0 fully saturated rings. The van der Waals surface area contributed by atoms with Crippen molar-refractivity contribution >= 4 is 28.9 Å². The fraction of sp³-hybridized carbons (Fsp3) is 0.118. The third-order valence-electron chi connectivity index (χ3n) is 3.35. The highest BCUT2D eigenvalue weighted by atomic mass is 32.1. The second kappa shape index (κ2) is 6.77. The molecule has 1 aromatic carbocycles. The number of anilines is 2. The molecule has 7 heteroatoms. The molecule has 3 rings (SSSR count). The van der Waals surface area contributed by atoms with Crippen molar-refractivity contribution in [1.82, 2.24) is 9.97 Å². The SMILES string of the molecule is CC(O)c1cccc(Nc2nccc(-c3ccc(C(=O)O)s3)n2)c1. The predicted molar refractivity (Wildman–Crippen MR) is 92.7 cm³/mol. The topological polar surface area (TPSA) is 95.3 Å². The van der Waals surface area contributed by atoms with Crippen molar-refractivity contribution in [2.45, 2.75) is 13.0 Å². The molecule has 0 spiro atoms. The number of carboxylic acid groups (broad SMARTS) is 1. The number of benzene rings is 1. The maximum absolute atomic E-state index is 11.0. The Morgan fingerprint density at radius 1 is 1.25 bits per heavy atom. The number of rotatable bonds is 5. The normalized spacial score (nSPS) is 11.9. The van der Waals surface area contributed by atoms with Crippen LogP contribution in [0.2, 0.25) is 0 Å².